The van der Waals surface area contributed by atoms with Crippen molar-refractivity contribution in [3.8, 4) is 0 Å². The molecule has 0 bridgehead atoms. The van der Waals surface area contributed by atoms with E-state index >= 15 is 0 Å². The Bertz CT molecular complexity index is 664. The maximum atomic E-state index is 12.0. The first-order valence-electron chi connectivity index (χ1n) is 8.09. The van der Waals surface area contributed by atoms with Crippen LogP contribution in [0.1, 0.15) is 40.5 Å². The molecule has 23 heavy (non-hydrogen) atoms. The molecule has 0 amide bonds. The Hall–Kier alpha value is -1.40. The summed E-state index contributed by atoms with van der Waals surface area (Å²) in [7, 11) is 0. The van der Waals surface area contributed by atoms with Gasteiger partial charge in [0.2, 0.25) is 5.79 Å². The minimum Gasteiger partial charge on any atom is -0.457 e. The fraction of sp³-hybridized carbons (Fsp3) is 0.765. The number of ether oxygens (including phenoxy) is 2. The van der Waals surface area contributed by atoms with E-state index in [2.05, 4.69) is 0 Å². The molecule has 0 unspecified atom stereocenters. The predicted octanol–water partition coefficient (Wildman–Crippen LogP) is 0.907. The molecule has 126 valence electrons. The third kappa shape index (κ3) is 1.66. The van der Waals surface area contributed by atoms with Crippen LogP contribution in [-0.2, 0) is 19.1 Å². The van der Waals surface area contributed by atoms with E-state index < -0.39 is 34.8 Å². The van der Waals surface area contributed by atoms with Crippen LogP contribution < -0.4 is 0 Å². The molecule has 0 aromatic heterocycles. The van der Waals surface area contributed by atoms with Crippen molar-refractivity contribution in [3.05, 3.63) is 11.1 Å². The second kappa shape index (κ2) is 3.98. The Kier molecular flexibility index (Phi) is 2.62. The Morgan fingerprint density at radius 3 is 2.57 bits per heavy atom. The number of esters is 2. The summed E-state index contributed by atoms with van der Waals surface area (Å²) in [5, 5.41) is 22.1. The topological polar surface area (TPSA) is 93.1 Å². The maximum Gasteiger partial charge on any atom is 0.336 e. The highest BCUT2D eigenvalue weighted by molar-refractivity contribution is 5.92. The van der Waals surface area contributed by atoms with Gasteiger partial charge >= 0.3 is 11.9 Å². The van der Waals surface area contributed by atoms with Crippen molar-refractivity contribution in [3.63, 3.8) is 0 Å². The first kappa shape index (κ1) is 15.1. The first-order chi connectivity index (χ1) is 10.5. The summed E-state index contributed by atoms with van der Waals surface area (Å²) in [6, 6.07) is 0. The molecule has 0 saturated heterocycles. The lowest BCUT2D eigenvalue weighted by atomic mass is 9.58. The van der Waals surface area contributed by atoms with Gasteiger partial charge in [-0.3, -0.25) is 4.79 Å². The van der Waals surface area contributed by atoms with Crippen molar-refractivity contribution in [1.29, 1.82) is 0 Å². The number of hydrogen-bond acceptors (Lipinski definition) is 6. The molecule has 2 N–H and O–H groups in total. The summed E-state index contributed by atoms with van der Waals surface area (Å²) in [5.74, 6) is -2.81. The van der Waals surface area contributed by atoms with Gasteiger partial charge in [-0.25, -0.2) is 4.79 Å². The second-order valence-corrected chi connectivity index (χ2v) is 8.08. The highest BCUT2D eigenvalue weighted by atomic mass is 16.7. The quantitative estimate of drug-likeness (QED) is 0.697. The van der Waals surface area contributed by atoms with Crippen molar-refractivity contribution in [1.82, 2.24) is 0 Å². The summed E-state index contributed by atoms with van der Waals surface area (Å²) < 4.78 is 10.8. The van der Waals surface area contributed by atoms with Gasteiger partial charge in [-0.2, -0.15) is 0 Å². The molecule has 3 aliphatic carbocycles. The highest BCUT2D eigenvalue weighted by Crippen LogP contribution is 2.75. The van der Waals surface area contributed by atoms with E-state index in [1.165, 1.54) is 6.92 Å². The largest absolute Gasteiger partial charge is 0.457 e. The van der Waals surface area contributed by atoms with Crippen LogP contribution in [0.2, 0.25) is 0 Å². The van der Waals surface area contributed by atoms with Gasteiger partial charge in [-0.1, -0.05) is 6.92 Å². The van der Waals surface area contributed by atoms with Gasteiger partial charge in [0.05, 0.1) is 11.2 Å². The van der Waals surface area contributed by atoms with Gasteiger partial charge in [0.25, 0.3) is 0 Å². The zero-order valence-corrected chi connectivity index (χ0v) is 13.8. The van der Waals surface area contributed by atoms with Crippen LogP contribution in [0.25, 0.3) is 0 Å². The summed E-state index contributed by atoms with van der Waals surface area (Å²) in [5.41, 5.74) is -0.865. The van der Waals surface area contributed by atoms with Crippen molar-refractivity contribution in [2.45, 2.75) is 58.0 Å². The zero-order valence-electron chi connectivity index (χ0n) is 13.8. The van der Waals surface area contributed by atoms with Crippen LogP contribution in [0, 0.1) is 23.2 Å². The highest BCUT2D eigenvalue weighted by Gasteiger charge is 2.78. The zero-order chi connectivity index (χ0) is 16.9. The standard InChI is InChI=1S/C17H22O6/c1-7-11-12(22-8(2)18)13-15(3,6-17(11,21)23-14(7)19)9-5-10(9)16(13,4)20/h9-10,12-13,20-21H,5-6H2,1-4H3/t9-,10+,12+,13+,15+,16+,17+/m1/s1. The number of aliphatic hydroxyl groups is 2. The normalized spacial score (nSPS) is 53.4. The fourth-order valence-corrected chi connectivity index (χ4v) is 5.84. The fourth-order valence-electron chi connectivity index (χ4n) is 5.84. The van der Waals surface area contributed by atoms with E-state index in [4.69, 9.17) is 9.47 Å². The third-order valence-electron chi connectivity index (χ3n) is 6.62. The summed E-state index contributed by atoms with van der Waals surface area (Å²) >= 11 is 0. The van der Waals surface area contributed by atoms with E-state index in [1.54, 1.807) is 13.8 Å². The van der Waals surface area contributed by atoms with E-state index in [-0.39, 0.29) is 29.7 Å². The minimum atomic E-state index is -1.74. The SMILES string of the molecule is CC(=O)O[C@H]1C2=C(C)C(=O)O[C@@]2(O)C[C@@]2(C)[C@@H]3C[C@@H]3[C@](C)(O)[C@@H]12. The molecule has 0 aromatic carbocycles. The molecule has 1 heterocycles. The summed E-state index contributed by atoms with van der Waals surface area (Å²) in [6.07, 6.45) is 0.276. The van der Waals surface area contributed by atoms with E-state index in [0.717, 1.165) is 6.42 Å². The Morgan fingerprint density at radius 1 is 1.30 bits per heavy atom. The number of carbonyl (C=O) groups is 2. The Balaban J connectivity index is 1.90. The van der Waals surface area contributed by atoms with Crippen LogP contribution in [0.4, 0.5) is 0 Å². The molecule has 3 saturated carbocycles. The lowest BCUT2D eigenvalue weighted by Crippen LogP contribution is -2.59. The maximum absolute atomic E-state index is 12.0. The smallest absolute Gasteiger partial charge is 0.336 e. The molecule has 7 atom stereocenters. The van der Waals surface area contributed by atoms with Crippen LogP contribution in [0.3, 0.4) is 0 Å². The van der Waals surface area contributed by atoms with Crippen molar-refractivity contribution in [2.24, 2.45) is 23.2 Å². The summed E-state index contributed by atoms with van der Waals surface area (Å²) in [6.45, 7) is 6.64. The molecule has 3 fully saturated rings. The number of hydrogen-bond donors (Lipinski definition) is 2. The van der Waals surface area contributed by atoms with Gasteiger partial charge in [-0.15, -0.1) is 0 Å². The van der Waals surface area contributed by atoms with Crippen molar-refractivity contribution >= 4 is 11.9 Å². The van der Waals surface area contributed by atoms with Gasteiger partial charge in [0, 0.05) is 24.8 Å². The average molecular weight is 322 g/mol. The van der Waals surface area contributed by atoms with Crippen LogP contribution in [0.5, 0.6) is 0 Å². The van der Waals surface area contributed by atoms with E-state index in [0.29, 0.717) is 5.57 Å². The molecule has 1 aliphatic heterocycles. The van der Waals surface area contributed by atoms with Crippen LogP contribution in [0.15, 0.2) is 11.1 Å². The molecule has 4 aliphatic rings. The average Bonchev–Trinajstić information content (AvgIpc) is 3.10. The third-order valence-corrected chi connectivity index (χ3v) is 6.62. The second-order valence-electron chi connectivity index (χ2n) is 8.08. The van der Waals surface area contributed by atoms with Gasteiger partial charge in [0.1, 0.15) is 6.10 Å². The van der Waals surface area contributed by atoms with Crippen LogP contribution in [-0.4, -0.2) is 39.6 Å². The monoisotopic (exact) mass is 322 g/mol. The number of rotatable bonds is 1. The lowest BCUT2D eigenvalue weighted by Gasteiger charge is -2.52. The van der Waals surface area contributed by atoms with Crippen molar-refractivity contribution in [2.75, 3.05) is 0 Å². The molecule has 6 heteroatoms. The number of fused-ring (bicyclic) bond motifs is 4. The molecular formula is C17H22O6. The molecule has 6 nitrogen and oxygen atoms in total. The Morgan fingerprint density at radius 2 is 1.96 bits per heavy atom. The molecular weight excluding hydrogens is 300 g/mol. The van der Waals surface area contributed by atoms with Crippen molar-refractivity contribution < 1.29 is 29.3 Å². The van der Waals surface area contributed by atoms with Gasteiger partial charge in [-0.05, 0) is 37.5 Å². The van der Waals surface area contributed by atoms with E-state index in [1.807, 2.05) is 6.92 Å². The summed E-state index contributed by atoms with van der Waals surface area (Å²) in [4.78, 5) is 23.7. The van der Waals surface area contributed by atoms with Crippen LogP contribution >= 0.6 is 0 Å². The van der Waals surface area contributed by atoms with Gasteiger partial charge < -0.3 is 19.7 Å². The van der Waals surface area contributed by atoms with Gasteiger partial charge in [0.15, 0.2) is 0 Å². The van der Waals surface area contributed by atoms with E-state index in [9.17, 15) is 19.8 Å². The molecule has 0 aromatic rings. The Labute approximate surface area is 134 Å². The first-order valence-corrected chi connectivity index (χ1v) is 8.09. The number of carbonyl (C=O) groups excluding carboxylic acids is 2. The molecule has 0 spiro atoms. The lowest BCUT2D eigenvalue weighted by molar-refractivity contribution is -0.227. The molecule has 0 radical (unpaired) electrons. The minimum absolute atomic E-state index is 0.134. The predicted molar refractivity (Wildman–Crippen MR) is 77.7 cm³/mol. The molecule has 4 rings (SSSR count).